The molecule has 1 unspecified atom stereocenters. The van der Waals surface area contributed by atoms with Crippen molar-refractivity contribution in [2.24, 2.45) is 5.41 Å². The summed E-state index contributed by atoms with van der Waals surface area (Å²) in [5.41, 5.74) is 2.89. The van der Waals surface area contributed by atoms with E-state index in [1.54, 1.807) is 29.7 Å². The SMILES string of the molecule is CC(C)(C)Cc1cnc2c(c1)[C@@H](NC[C@@H](O)[C@H](Cc1ccc(F)cc1)NC(=O)C1CN(Cc3nccs3)CCO1)CC1(CCC1)O2. The first-order valence-corrected chi connectivity index (χ1v) is 17.3. The van der Waals surface area contributed by atoms with Crippen molar-refractivity contribution >= 4 is 17.2 Å². The van der Waals surface area contributed by atoms with Crippen LogP contribution in [0.15, 0.2) is 48.1 Å². The normalized spacial score (nSPS) is 22.4. The lowest BCUT2D eigenvalue weighted by atomic mass is 9.73. The molecule has 248 valence electrons. The van der Waals surface area contributed by atoms with Gasteiger partial charge < -0.3 is 25.2 Å². The molecule has 1 saturated carbocycles. The third kappa shape index (κ3) is 8.30. The highest BCUT2D eigenvalue weighted by atomic mass is 32.1. The van der Waals surface area contributed by atoms with Gasteiger partial charge in [0.1, 0.15) is 22.5 Å². The molecule has 11 heteroatoms. The number of thiazole rings is 1. The zero-order valence-electron chi connectivity index (χ0n) is 27.0. The molecule has 4 atom stereocenters. The van der Waals surface area contributed by atoms with E-state index in [1.165, 1.54) is 12.1 Å². The van der Waals surface area contributed by atoms with Crippen LogP contribution in [0.1, 0.15) is 74.2 Å². The number of nitrogens with zero attached hydrogens (tertiary/aromatic N) is 3. The number of aromatic nitrogens is 2. The van der Waals surface area contributed by atoms with Gasteiger partial charge >= 0.3 is 0 Å². The van der Waals surface area contributed by atoms with Gasteiger partial charge in [0.25, 0.3) is 5.91 Å². The van der Waals surface area contributed by atoms with Crippen molar-refractivity contribution in [1.82, 2.24) is 25.5 Å². The number of nitrogens with one attached hydrogen (secondary N) is 2. The van der Waals surface area contributed by atoms with Crippen LogP contribution in [0.4, 0.5) is 4.39 Å². The standard InChI is InChI=1S/C35H46FN5O4S/c1-34(2,3)17-24-15-26-28(18-35(9-4-10-35)45-33(26)39-19-24)38-20-29(42)27(16-23-5-7-25(36)8-6-23)40-32(43)30-21-41(12-13-44-30)22-31-37-11-14-46-31/h5-8,11,14-15,19,27-30,38,42H,4,9-10,12-13,16-18,20-22H2,1-3H3,(H,40,43)/t27-,28-,29+,30?/m0/s1. The Labute approximate surface area is 274 Å². The van der Waals surface area contributed by atoms with Gasteiger partial charge in [0.2, 0.25) is 5.88 Å². The maximum atomic E-state index is 13.7. The van der Waals surface area contributed by atoms with Gasteiger partial charge in [-0.2, -0.15) is 0 Å². The summed E-state index contributed by atoms with van der Waals surface area (Å²) in [6, 6.07) is 7.72. The molecule has 1 saturated heterocycles. The van der Waals surface area contributed by atoms with Gasteiger partial charge in [-0.3, -0.25) is 9.69 Å². The van der Waals surface area contributed by atoms with Crippen LogP contribution in [0.3, 0.4) is 0 Å². The molecule has 1 aliphatic carbocycles. The minimum Gasteiger partial charge on any atom is -0.471 e. The Kier molecular flexibility index (Phi) is 10.1. The van der Waals surface area contributed by atoms with Crippen molar-refractivity contribution in [1.29, 1.82) is 0 Å². The van der Waals surface area contributed by atoms with E-state index in [0.29, 0.717) is 32.0 Å². The van der Waals surface area contributed by atoms with Gasteiger partial charge in [-0.1, -0.05) is 32.9 Å². The van der Waals surface area contributed by atoms with E-state index >= 15 is 0 Å². The Hall–Kier alpha value is -2.96. The highest BCUT2D eigenvalue weighted by Crippen LogP contribution is 2.48. The molecule has 1 aromatic carbocycles. The van der Waals surface area contributed by atoms with Crippen molar-refractivity contribution < 1.29 is 23.8 Å². The highest BCUT2D eigenvalue weighted by molar-refractivity contribution is 7.09. The number of aliphatic hydroxyl groups is 1. The van der Waals surface area contributed by atoms with Crippen LogP contribution in [0.5, 0.6) is 5.88 Å². The largest absolute Gasteiger partial charge is 0.471 e. The Morgan fingerprint density at radius 2 is 2.02 bits per heavy atom. The van der Waals surface area contributed by atoms with E-state index in [9.17, 15) is 14.3 Å². The number of ether oxygens (including phenoxy) is 2. The van der Waals surface area contributed by atoms with Crippen LogP contribution in [0.25, 0.3) is 0 Å². The van der Waals surface area contributed by atoms with Gasteiger partial charge in [-0.05, 0) is 66.8 Å². The predicted molar refractivity (Wildman–Crippen MR) is 175 cm³/mol. The predicted octanol–water partition coefficient (Wildman–Crippen LogP) is 4.59. The number of rotatable bonds is 11. The second kappa shape index (κ2) is 14.0. The summed E-state index contributed by atoms with van der Waals surface area (Å²) in [4.78, 5) is 24.8. The molecule has 3 aromatic rings. The number of carbonyl (C=O) groups excluding carboxylic acids is 1. The second-order valence-corrected chi connectivity index (χ2v) is 15.3. The minimum absolute atomic E-state index is 0.0469. The van der Waals surface area contributed by atoms with E-state index in [1.807, 2.05) is 11.6 Å². The van der Waals surface area contributed by atoms with Crippen LogP contribution < -0.4 is 15.4 Å². The quantitative estimate of drug-likeness (QED) is 0.277. The number of hydrogen-bond donors (Lipinski definition) is 3. The van der Waals surface area contributed by atoms with E-state index in [-0.39, 0.29) is 35.3 Å². The molecule has 1 spiro atoms. The molecular formula is C35H46FN5O4S. The van der Waals surface area contributed by atoms with E-state index in [2.05, 4.69) is 47.4 Å². The molecule has 2 aromatic heterocycles. The molecule has 9 nitrogen and oxygen atoms in total. The van der Waals surface area contributed by atoms with Crippen molar-refractivity contribution in [3.63, 3.8) is 0 Å². The third-order valence-corrected chi connectivity index (χ3v) is 9.98. The van der Waals surface area contributed by atoms with E-state index < -0.39 is 18.2 Å². The minimum atomic E-state index is -0.918. The lowest BCUT2D eigenvalue weighted by molar-refractivity contribution is -0.140. The van der Waals surface area contributed by atoms with Crippen LogP contribution in [0, 0.1) is 11.2 Å². The lowest BCUT2D eigenvalue weighted by Crippen LogP contribution is -2.56. The molecule has 0 bridgehead atoms. The van der Waals surface area contributed by atoms with Gasteiger partial charge in [0.05, 0.1) is 25.3 Å². The molecule has 3 aliphatic rings. The summed E-state index contributed by atoms with van der Waals surface area (Å²) in [5, 5.41) is 21.3. The molecule has 2 aliphatic heterocycles. The average Bonchev–Trinajstić information content (AvgIpc) is 3.52. The summed E-state index contributed by atoms with van der Waals surface area (Å²) in [5.74, 6) is 0.0735. The number of carbonyl (C=O) groups is 1. The Bertz CT molecular complexity index is 1460. The molecule has 6 rings (SSSR count). The van der Waals surface area contributed by atoms with Gasteiger partial charge in [0.15, 0.2) is 0 Å². The smallest absolute Gasteiger partial charge is 0.250 e. The monoisotopic (exact) mass is 651 g/mol. The first kappa shape index (κ1) is 33.0. The maximum absolute atomic E-state index is 13.7. The first-order chi connectivity index (χ1) is 22.0. The second-order valence-electron chi connectivity index (χ2n) is 14.3. The molecule has 3 N–H and O–H groups in total. The summed E-state index contributed by atoms with van der Waals surface area (Å²) in [7, 11) is 0. The van der Waals surface area contributed by atoms with Gasteiger partial charge in [0, 0.05) is 55.4 Å². The number of benzene rings is 1. The summed E-state index contributed by atoms with van der Waals surface area (Å²) in [6.07, 6.45) is 7.26. The van der Waals surface area contributed by atoms with Crippen LogP contribution >= 0.6 is 11.3 Å². The summed E-state index contributed by atoms with van der Waals surface area (Å²) in [6.45, 7) is 9.14. The van der Waals surface area contributed by atoms with Crippen molar-refractivity contribution in [2.45, 2.75) is 95.7 Å². The fourth-order valence-electron chi connectivity index (χ4n) is 6.71. The number of pyridine rings is 1. The summed E-state index contributed by atoms with van der Waals surface area (Å²) < 4.78 is 26.0. The number of morpholine rings is 1. The van der Waals surface area contributed by atoms with Gasteiger partial charge in [-0.25, -0.2) is 14.4 Å². The fraction of sp³-hybridized carbons (Fsp3) is 0.571. The lowest BCUT2D eigenvalue weighted by Gasteiger charge is -2.47. The third-order valence-electron chi connectivity index (χ3n) is 9.22. The fourth-order valence-corrected chi connectivity index (χ4v) is 7.37. The Morgan fingerprint density at radius 1 is 1.22 bits per heavy atom. The van der Waals surface area contributed by atoms with Crippen molar-refractivity contribution in [2.75, 3.05) is 26.2 Å². The molecule has 4 heterocycles. The number of fused-ring (bicyclic) bond motifs is 1. The molecule has 46 heavy (non-hydrogen) atoms. The number of amides is 1. The molecular weight excluding hydrogens is 605 g/mol. The van der Waals surface area contributed by atoms with Crippen molar-refractivity contribution in [3.05, 3.63) is 75.6 Å². The topological polar surface area (TPSA) is 109 Å². The van der Waals surface area contributed by atoms with Crippen LogP contribution in [0.2, 0.25) is 0 Å². The number of aliphatic hydroxyl groups excluding tert-OH is 1. The van der Waals surface area contributed by atoms with E-state index in [4.69, 9.17) is 14.5 Å². The highest BCUT2D eigenvalue weighted by Gasteiger charge is 2.46. The first-order valence-electron chi connectivity index (χ1n) is 16.4. The number of hydrogen-bond acceptors (Lipinski definition) is 9. The summed E-state index contributed by atoms with van der Waals surface area (Å²) >= 11 is 1.59. The zero-order chi connectivity index (χ0) is 32.3. The van der Waals surface area contributed by atoms with Crippen LogP contribution in [-0.2, 0) is 28.9 Å². The maximum Gasteiger partial charge on any atom is 0.250 e. The Balaban J connectivity index is 1.16. The molecule has 1 amide bonds. The van der Waals surface area contributed by atoms with E-state index in [0.717, 1.165) is 60.3 Å². The van der Waals surface area contributed by atoms with Crippen LogP contribution in [-0.4, -0.2) is 76.0 Å². The Morgan fingerprint density at radius 3 is 2.72 bits per heavy atom. The van der Waals surface area contributed by atoms with Gasteiger partial charge in [-0.15, -0.1) is 11.3 Å². The molecule has 2 fully saturated rings. The molecule has 0 radical (unpaired) electrons. The van der Waals surface area contributed by atoms with Crippen molar-refractivity contribution in [3.8, 4) is 5.88 Å². The number of halogens is 1. The zero-order valence-corrected chi connectivity index (χ0v) is 27.8. The average molecular weight is 652 g/mol.